The minimum atomic E-state index is 0.171. The molecule has 0 spiro atoms. The highest BCUT2D eigenvalue weighted by molar-refractivity contribution is 6.33. The minimum absolute atomic E-state index is 0.171. The van der Waals surface area contributed by atoms with Crippen molar-refractivity contribution < 1.29 is 9.90 Å². The molecule has 0 fully saturated rings. The van der Waals surface area contributed by atoms with Gasteiger partial charge in [0.2, 0.25) is 0 Å². The molecule has 0 aliphatic heterocycles. The molecule has 0 aromatic heterocycles. The zero-order valence-electron chi connectivity index (χ0n) is 8.35. The van der Waals surface area contributed by atoms with Crippen molar-refractivity contribution in [3.05, 3.63) is 53.1 Å². The Hall–Kier alpha value is -1.80. The van der Waals surface area contributed by atoms with Crippen molar-refractivity contribution in [1.82, 2.24) is 0 Å². The lowest BCUT2D eigenvalue weighted by atomic mass is 10.0. The molecule has 3 heteroatoms. The summed E-state index contributed by atoms with van der Waals surface area (Å²) in [4.78, 5) is 10.7. The summed E-state index contributed by atoms with van der Waals surface area (Å²) in [6.45, 7) is 0. The molecule has 0 saturated carbocycles. The zero-order chi connectivity index (χ0) is 11.5. The lowest BCUT2D eigenvalue weighted by Gasteiger charge is -2.05. The third-order valence-corrected chi connectivity index (χ3v) is 2.61. The number of carbonyl (C=O) groups excluding carboxylic acids is 1. The van der Waals surface area contributed by atoms with Crippen LogP contribution < -0.4 is 0 Å². The van der Waals surface area contributed by atoms with Gasteiger partial charge in [-0.25, -0.2) is 0 Å². The van der Waals surface area contributed by atoms with E-state index in [0.29, 0.717) is 10.6 Å². The number of hydrogen-bond donors (Lipinski definition) is 1. The van der Waals surface area contributed by atoms with Crippen LogP contribution in [0.5, 0.6) is 5.75 Å². The van der Waals surface area contributed by atoms with E-state index >= 15 is 0 Å². The number of halogens is 1. The maximum absolute atomic E-state index is 10.7. The van der Waals surface area contributed by atoms with Crippen LogP contribution in [0.25, 0.3) is 11.1 Å². The van der Waals surface area contributed by atoms with Gasteiger partial charge in [0.25, 0.3) is 0 Å². The van der Waals surface area contributed by atoms with E-state index in [1.54, 1.807) is 36.4 Å². The summed E-state index contributed by atoms with van der Waals surface area (Å²) >= 11 is 6.04. The summed E-state index contributed by atoms with van der Waals surface area (Å²) in [7, 11) is 0. The number of rotatable bonds is 2. The van der Waals surface area contributed by atoms with E-state index in [1.165, 1.54) is 0 Å². The lowest BCUT2D eigenvalue weighted by molar-refractivity contribution is 0.112. The van der Waals surface area contributed by atoms with Gasteiger partial charge in [-0.1, -0.05) is 29.8 Å². The monoisotopic (exact) mass is 232 g/mol. The van der Waals surface area contributed by atoms with E-state index in [4.69, 9.17) is 11.6 Å². The smallest absolute Gasteiger partial charge is 0.150 e. The van der Waals surface area contributed by atoms with Crippen LogP contribution in [0.2, 0.25) is 5.02 Å². The van der Waals surface area contributed by atoms with Gasteiger partial charge in [0.05, 0.1) is 0 Å². The highest BCUT2D eigenvalue weighted by atomic mass is 35.5. The summed E-state index contributed by atoms with van der Waals surface area (Å²) in [6, 6.07) is 11.8. The second-order valence-electron chi connectivity index (χ2n) is 3.41. The molecule has 80 valence electrons. The fraction of sp³-hybridized carbons (Fsp3) is 0. The Kier molecular flexibility index (Phi) is 2.93. The van der Waals surface area contributed by atoms with Gasteiger partial charge in [-0.15, -0.1) is 0 Å². The molecule has 2 rings (SSSR count). The van der Waals surface area contributed by atoms with Crippen LogP contribution in [0.1, 0.15) is 10.4 Å². The normalized spacial score (nSPS) is 10.1. The summed E-state index contributed by atoms with van der Waals surface area (Å²) in [5, 5.41) is 9.93. The fourth-order valence-electron chi connectivity index (χ4n) is 1.51. The highest BCUT2D eigenvalue weighted by Crippen LogP contribution is 2.30. The van der Waals surface area contributed by atoms with Crippen molar-refractivity contribution in [2.24, 2.45) is 0 Å². The molecule has 0 atom stereocenters. The van der Waals surface area contributed by atoms with E-state index in [0.717, 1.165) is 17.4 Å². The standard InChI is InChI=1S/C13H9ClO2/c14-13-5-4-9(8-15)6-12(13)10-2-1-3-11(16)7-10/h1-8,16H. The second-order valence-corrected chi connectivity index (χ2v) is 3.81. The average molecular weight is 233 g/mol. The number of aldehydes is 1. The minimum Gasteiger partial charge on any atom is -0.508 e. The Morgan fingerprint density at radius 1 is 1.12 bits per heavy atom. The third-order valence-electron chi connectivity index (χ3n) is 2.28. The average Bonchev–Trinajstić information content (AvgIpc) is 2.30. The molecular weight excluding hydrogens is 224 g/mol. The van der Waals surface area contributed by atoms with Gasteiger partial charge in [0.1, 0.15) is 12.0 Å². The molecule has 0 aliphatic carbocycles. The first-order valence-electron chi connectivity index (χ1n) is 4.75. The predicted octanol–water partition coefficient (Wildman–Crippen LogP) is 3.53. The number of hydrogen-bond acceptors (Lipinski definition) is 2. The SMILES string of the molecule is O=Cc1ccc(Cl)c(-c2cccc(O)c2)c1. The molecule has 2 nitrogen and oxygen atoms in total. The van der Waals surface area contributed by atoms with Crippen molar-refractivity contribution in [1.29, 1.82) is 0 Å². The van der Waals surface area contributed by atoms with Gasteiger partial charge in [0.15, 0.2) is 0 Å². The van der Waals surface area contributed by atoms with Gasteiger partial charge in [-0.05, 0) is 29.8 Å². The quantitative estimate of drug-likeness (QED) is 0.805. The first kappa shape index (κ1) is 10.7. The second kappa shape index (κ2) is 4.37. The Morgan fingerprint density at radius 2 is 1.94 bits per heavy atom. The number of carbonyl (C=O) groups is 1. The predicted molar refractivity (Wildman–Crippen MR) is 63.9 cm³/mol. The van der Waals surface area contributed by atoms with E-state index in [1.807, 2.05) is 6.07 Å². The van der Waals surface area contributed by atoms with Crippen molar-refractivity contribution in [2.45, 2.75) is 0 Å². The van der Waals surface area contributed by atoms with Crippen molar-refractivity contribution >= 4 is 17.9 Å². The highest BCUT2D eigenvalue weighted by Gasteiger charge is 2.05. The van der Waals surface area contributed by atoms with Crippen LogP contribution >= 0.6 is 11.6 Å². The lowest BCUT2D eigenvalue weighted by Crippen LogP contribution is -1.84. The van der Waals surface area contributed by atoms with E-state index < -0.39 is 0 Å². The topological polar surface area (TPSA) is 37.3 Å². The third kappa shape index (κ3) is 2.07. The van der Waals surface area contributed by atoms with Crippen LogP contribution in [0.3, 0.4) is 0 Å². The van der Waals surface area contributed by atoms with Crippen molar-refractivity contribution in [3.8, 4) is 16.9 Å². The van der Waals surface area contributed by atoms with Crippen LogP contribution in [0.15, 0.2) is 42.5 Å². The molecule has 0 heterocycles. The molecule has 0 saturated heterocycles. The molecular formula is C13H9ClO2. The molecule has 1 N–H and O–H groups in total. The Morgan fingerprint density at radius 3 is 2.62 bits per heavy atom. The van der Waals surface area contributed by atoms with Crippen LogP contribution in [0, 0.1) is 0 Å². The largest absolute Gasteiger partial charge is 0.508 e. The molecule has 16 heavy (non-hydrogen) atoms. The van der Waals surface area contributed by atoms with Gasteiger partial charge in [-0.2, -0.15) is 0 Å². The number of phenols is 1. The maximum atomic E-state index is 10.7. The van der Waals surface area contributed by atoms with E-state index in [2.05, 4.69) is 0 Å². The zero-order valence-corrected chi connectivity index (χ0v) is 9.11. The summed E-state index contributed by atoms with van der Waals surface area (Å²) < 4.78 is 0. The Labute approximate surface area is 98.1 Å². The first-order chi connectivity index (χ1) is 7.70. The fourth-order valence-corrected chi connectivity index (χ4v) is 1.74. The van der Waals surface area contributed by atoms with Crippen LogP contribution in [0.4, 0.5) is 0 Å². The molecule has 0 radical (unpaired) electrons. The van der Waals surface area contributed by atoms with Gasteiger partial charge < -0.3 is 5.11 Å². The number of phenolic OH excluding ortho intramolecular Hbond substituents is 1. The molecule has 2 aromatic carbocycles. The van der Waals surface area contributed by atoms with Gasteiger partial charge in [-0.3, -0.25) is 4.79 Å². The van der Waals surface area contributed by atoms with Crippen molar-refractivity contribution in [3.63, 3.8) is 0 Å². The molecule has 0 aliphatic rings. The van der Waals surface area contributed by atoms with Crippen LogP contribution in [-0.2, 0) is 0 Å². The van der Waals surface area contributed by atoms with Gasteiger partial charge in [0, 0.05) is 16.1 Å². The molecule has 0 amide bonds. The van der Waals surface area contributed by atoms with Crippen molar-refractivity contribution in [2.75, 3.05) is 0 Å². The number of aromatic hydroxyl groups is 1. The molecule has 0 bridgehead atoms. The summed E-state index contributed by atoms with van der Waals surface area (Å²) in [5.74, 6) is 0.171. The maximum Gasteiger partial charge on any atom is 0.150 e. The number of benzene rings is 2. The summed E-state index contributed by atoms with van der Waals surface area (Å²) in [5.41, 5.74) is 2.08. The first-order valence-corrected chi connectivity index (χ1v) is 5.12. The van der Waals surface area contributed by atoms with Crippen LogP contribution in [-0.4, -0.2) is 11.4 Å². The summed E-state index contributed by atoms with van der Waals surface area (Å²) in [6.07, 6.45) is 0.766. The molecule has 0 unspecified atom stereocenters. The Bertz CT molecular complexity index is 535. The molecule has 2 aromatic rings. The van der Waals surface area contributed by atoms with Gasteiger partial charge >= 0.3 is 0 Å². The van der Waals surface area contributed by atoms with E-state index in [-0.39, 0.29) is 5.75 Å². The van der Waals surface area contributed by atoms with E-state index in [9.17, 15) is 9.90 Å². The Balaban J connectivity index is 2.58.